The smallest absolute Gasteiger partial charge is 0.339 e. The van der Waals surface area contributed by atoms with Crippen LogP contribution in [0.25, 0.3) is 0 Å². The number of rotatable bonds is 7. The van der Waals surface area contributed by atoms with E-state index < -0.39 is 33.3 Å². The highest BCUT2D eigenvalue weighted by Crippen LogP contribution is 2.49. The van der Waals surface area contributed by atoms with Gasteiger partial charge in [0.2, 0.25) is 15.7 Å². The fraction of sp³-hybridized carbons (Fsp3) is 0.333. The van der Waals surface area contributed by atoms with Gasteiger partial charge in [0, 0.05) is 0 Å². The molecule has 1 unspecified atom stereocenters. The third kappa shape index (κ3) is 3.20. The summed E-state index contributed by atoms with van der Waals surface area (Å²) in [7, 11) is -3.81. The van der Waals surface area contributed by atoms with Crippen molar-refractivity contribution in [1.29, 1.82) is 0 Å². The molecule has 148 valence electrons. The highest BCUT2D eigenvalue weighted by atomic mass is 32.2. The summed E-state index contributed by atoms with van der Waals surface area (Å²) in [6.45, 7) is 3.22. The molecule has 1 heterocycles. The summed E-state index contributed by atoms with van der Waals surface area (Å²) < 4.78 is 31.8. The minimum Gasteiger partial charge on any atom is -0.441 e. The number of hydrogen-bond acceptors (Lipinski definition) is 5. The van der Waals surface area contributed by atoms with Gasteiger partial charge in [0.15, 0.2) is 12.1 Å². The van der Waals surface area contributed by atoms with Crippen LogP contribution in [0.4, 0.5) is 0 Å². The first kappa shape index (κ1) is 20.1. The van der Waals surface area contributed by atoms with Crippen molar-refractivity contribution >= 4 is 21.7 Å². The van der Waals surface area contributed by atoms with Gasteiger partial charge in [-0.15, -0.1) is 0 Å². The van der Waals surface area contributed by atoms with E-state index in [4.69, 9.17) is 4.74 Å². The molecule has 0 bridgehead atoms. The predicted octanol–water partition coefficient (Wildman–Crippen LogP) is 3.25. The number of likely N-dealkylation sites (tertiary alicyclic amines) is 1. The Kier molecular flexibility index (Phi) is 5.56. The van der Waals surface area contributed by atoms with E-state index in [-0.39, 0.29) is 10.8 Å². The van der Waals surface area contributed by atoms with E-state index in [0.29, 0.717) is 18.4 Å². The molecule has 1 aliphatic rings. The number of esters is 1. The second kappa shape index (κ2) is 7.75. The van der Waals surface area contributed by atoms with Crippen LogP contribution in [-0.2, 0) is 19.4 Å². The number of ether oxygens (including phenoxy) is 1. The third-order valence-electron chi connectivity index (χ3n) is 5.41. The fourth-order valence-corrected chi connectivity index (χ4v) is 6.06. The van der Waals surface area contributed by atoms with E-state index >= 15 is 0 Å². The number of amides is 1. The Balaban J connectivity index is 1.88. The second-order valence-corrected chi connectivity index (χ2v) is 8.78. The van der Waals surface area contributed by atoms with Crippen molar-refractivity contribution in [1.82, 2.24) is 4.90 Å². The molecule has 1 amide bonds. The van der Waals surface area contributed by atoms with Crippen LogP contribution >= 0.6 is 0 Å². The zero-order valence-electron chi connectivity index (χ0n) is 15.9. The third-order valence-corrected chi connectivity index (χ3v) is 7.64. The van der Waals surface area contributed by atoms with Gasteiger partial charge < -0.3 is 4.74 Å². The zero-order valence-corrected chi connectivity index (χ0v) is 16.7. The van der Waals surface area contributed by atoms with Gasteiger partial charge in [0.05, 0.1) is 15.9 Å². The summed E-state index contributed by atoms with van der Waals surface area (Å²) in [4.78, 5) is 26.4. The quantitative estimate of drug-likeness (QED) is 0.525. The van der Waals surface area contributed by atoms with Crippen molar-refractivity contribution in [3.63, 3.8) is 0 Å². The molecule has 0 saturated carbocycles. The van der Waals surface area contributed by atoms with E-state index in [9.17, 15) is 18.0 Å². The molecule has 0 spiro atoms. The average molecular weight is 401 g/mol. The van der Waals surface area contributed by atoms with E-state index in [0.717, 1.165) is 4.90 Å². The van der Waals surface area contributed by atoms with Crippen LogP contribution in [0.2, 0.25) is 0 Å². The normalized spacial score (nSPS) is 18.4. The molecular weight excluding hydrogens is 378 g/mol. The van der Waals surface area contributed by atoms with Crippen molar-refractivity contribution in [2.45, 2.75) is 37.0 Å². The number of benzene rings is 2. The van der Waals surface area contributed by atoms with Gasteiger partial charge in [-0.3, -0.25) is 9.69 Å². The molecule has 0 aliphatic carbocycles. The lowest BCUT2D eigenvalue weighted by Gasteiger charge is -2.54. The van der Waals surface area contributed by atoms with Crippen molar-refractivity contribution in [2.24, 2.45) is 5.41 Å². The van der Waals surface area contributed by atoms with Gasteiger partial charge in [-0.2, -0.15) is 0 Å². The Labute approximate surface area is 165 Å². The molecule has 0 N–H and O–H groups in total. The molecule has 0 aromatic heterocycles. The number of sulfone groups is 1. The molecule has 3 rings (SSSR count). The molecule has 6 nitrogen and oxygen atoms in total. The second-order valence-electron chi connectivity index (χ2n) is 6.78. The topological polar surface area (TPSA) is 80.8 Å². The minimum atomic E-state index is -3.81. The van der Waals surface area contributed by atoms with Crippen molar-refractivity contribution in [3.8, 4) is 0 Å². The van der Waals surface area contributed by atoms with Gasteiger partial charge in [-0.25, -0.2) is 13.2 Å². The number of carbonyl (C=O) groups is 2. The molecule has 2 aromatic carbocycles. The molecule has 1 saturated heterocycles. The first-order valence-corrected chi connectivity index (χ1v) is 10.7. The number of nitrogens with zero attached hydrogens (tertiary/aromatic N) is 1. The van der Waals surface area contributed by atoms with E-state index in [1.54, 1.807) is 48.5 Å². The molecule has 7 heteroatoms. The zero-order chi connectivity index (χ0) is 20.4. The van der Waals surface area contributed by atoms with Crippen molar-refractivity contribution < 1.29 is 22.7 Å². The Hall–Kier alpha value is -2.67. The monoisotopic (exact) mass is 401 g/mol. The maximum Gasteiger partial charge on any atom is 0.339 e. The van der Waals surface area contributed by atoms with Gasteiger partial charge in [-0.05, 0) is 37.1 Å². The van der Waals surface area contributed by atoms with Crippen LogP contribution in [0, 0.1) is 5.41 Å². The van der Waals surface area contributed by atoms with Crippen LogP contribution < -0.4 is 0 Å². The highest BCUT2D eigenvalue weighted by molar-refractivity contribution is 7.92. The Morgan fingerprint density at radius 1 is 1.00 bits per heavy atom. The first-order chi connectivity index (χ1) is 13.4. The number of β-lactam (4-membered cyclic amide) rings is 1. The number of carbonyl (C=O) groups excluding carboxylic acids is 2. The largest absolute Gasteiger partial charge is 0.441 e. The number of hydrogen-bond donors (Lipinski definition) is 0. The summed E-state index contributed by atoms with van der Waals surface area (Å²) in [6, 6.07) is 16.4. The Morgan fingerprint density at radius 2 is 1.54 bits per heavy atom. The summed E-state index contributed by atoms with van der Waals surface area (Å²) in [6.07, 6.45) is 0.782. The Bertz CT molecular complexity index is 953. The predicted molar refractivity (Wildman–Crippen MR) is 104 cm³/mol. The lowest BCUT2D eigenvalue weighted by molar-refractivity contribution is -0.172. The molecule has 0 radical (unpaired) electrons. The average Bonchev–Trinajstić information content (AvgIpc) is 2.73. The molecule has 1 atom stereocenters. The summed E-state index contributed by atoms with van der Waals surface area (Å²) in [5.74, 6) is -0.905. The van der Waals surface area contributed by atoms with Crippen LogP contribution in [0.15, 0.2) is 65.6 Å². The summed E-state index contributed by atoms with van der Waals surface area (Å²) >= 11 is 0. The SMILES string of the molecule is CCC1(CC)C(=O)N(COC(=O)c2ccccc2)C1S(=O)(=O)c1ccccc1. The van der Waals surface area contributed by atoms with Gasteiger partial charge >= 0.3 is 5.97 Å². The summed E-state index contributed by atoms with van der Waals surface area (Å²) in [5, 5.41) is -1.06. The van der Waals surface area contributed by atoms with Crippen LogP contribution in [0.5, 0.6) is 0 Å². The molecule has 28 heavy (non-hydrogen) atoms. The lowest BCUT2D eigenvalue weighted by atomic mass is 9.74. The molecule has 1 fully saturated rings. The molecular formula is C21H23NO5S. The minimum absolute atomic E-state index is 0.151. The molecule has 1 aliphatic heterocycles. The summed E-state index contributed by atoms with van der Waals surface area (Å²) in [5.41, 5.74) is -0.663. The van der Waals surface area contributed by atoms with Gasteiger partial charge in [0.1, 0.15) is 0 Å². The van der Waals surface area contributed by atoms with E-state index in [2.05, 4.69) is 0 Å². The van der Waals surface area contributed by atoms with Gasteiger partial charge in [-0.1, -0.05) is 50.2 Å². The highest BCUT2D eigenvalue weighted by Gasteiger charge is 2.64. The van der Waals surface area contributed by atoms with Crippen LogP contribution in [-0.4, -0.2) is 37.3 Å². The molecule has 2 aromatic rings. The lowest BCUT2D eigenvalue weighted by Crippen LogP contribution is -2.71. The van der Waals surface area contributed by atoms with Crippen molar-refractivity contribution in [2.75, 3.05) is 6.73 Å². The van der Waals surface area contributed by atoms with Crippen LogP contribution in [0.1, 0.15) is 37.0 Å². The standard InChI is InChI=1S/C21H23NO5S/c1-3-21(4-2)19(24)22(15-27-18(23)16-11-7-5-8-12-16)20(21)28(25,26)17-13-9-6-10-14-17/h5-14,20H,3-4,15H2,1-2H3. The fourth-order valence-electron chi connectivity index (χ4n) is 3.75. The first-order valence-electron chi connectivity index (χ1n) is 9.20. The van der Waals surface area contributed by atoms with Gasteiger partial charge in [0.25, 0.3) is 0 Å². The maximum atomic E-state index is 13.3. The maximum absolute atomic E-state index is 13.3. The Morgan fingerprint density at radius 3 is 2.07 bits per heavy atom. The van der Waals surface area contributed by atoms with E-state index in [1.807, 2.05) is 13.8 Å². The van der Waals surface area contributed by atoms with Crippen LogP contribution in [0.3, 0.4) is 0 Å². The van der Waals surface area contributed by atoms with E-state index in [1.165, 1.54) is 12.1 Å². The van der Waals surface area contributed by atoms with Crippen molar-refractivity contribution in [3.05, 3.63) is 66.2 Å².